The summed E-state index contributed by atoms with van der Waals surface area (Å²) in [5, 5.41) is 12.4. The first-order valence-electron chi connectivity index (χ1n) is 13.6. The lowest BCUT2D eigenvalue weighted by Gasteiger charge is -2.25. The summed E-state index contributed by atoms with van der Waals surface area (Å²) in [6.07, 6.45) is -1.87. The molecule has 42 heavy (non-hydrogen) atoms. The van der Waals surface area contributed by atoms with Gasteiger partial charge in [-0.1, -0.05) is 67.7 Å². The predicted molar refractivity (Wildman–Crippen MR) is 162 cm³/mol. The molecular weight excluding hydrogens is 580 g/mol. The molecule has 0 aromatic heterocycles. The Morgan fingerprint density at radius 2 is 1.74 bits per heavy atom. The SMILES string of the molecule is Cc1ccc(S(=O)(=O)NC(N)=NCCC[C@H](NC(=O)OCc2ccccc2)C(OCOCC[Si](C)(C)C)C(=O)O)cc1. The van der Waals surface area contributed by atoms with E-state index in [9.17, 15) is 23.1 Å². The van der Waals surface area contributed by atoms with Crippen molar-refractivity contribution in [3.63, 3.8) is 0 Å². The molecule has 0 heterocycles. The molecule has 2 aromatic rings. The quantitative estimate of drug-likeness (QED) is 0.0676. The third-order valence-electron chi connectivity index (χ3n) is 5.98. The maximum Gasteiger partial charge on any atom is 0.407 e. The molecule has 1 amide bonds. The van der Waals surface area contributed by atoms with E-state index in [0.717, 1.165) is 17.2 Å². The fourth-order valence-electron chi connectivity index (χ4n) is 3.59. The van der Waals surface area contributed by atoms with Gasteiger partial charge in [-0.05, 0) is 43.5 Å². The molecule has 0 spiro atoms. The average Bonchev–Trinajstić information content (AvgIpc) is 2.91. The lowest BCUT2D eigenvalue weighted by atomic mass is 10.1. The van der Waals surface area contributed by atoms with Crippen molar-refractivity contribution in [2.45, 2.75) is 69.1 Å². The van der Waals surface area contributed by atoms with Crippen LogP contribution in [0, 0.1) is 6.92 Å². The Kier molecular flexibility index (Phi) is 13.9. The van der Waals surface area contributed by atoms with Gasteiger partial charge in [-0.15, -0.1) is 0 Å². The van der Waals surface area contributed by atoms with E-state index in [4.69, 9.17) is 19.9 Å². The Bertz CT molecular complexity index is 1270. The summed E-state index contributed by atoms with van der Waals surface area (Å²) in [5.41, 5.74) is 7.46. The molecule has 0 aliphatic carbocycles. The fourth-order valence-corrected chi connectivity index (χ4v) is 5.30. The van der Waals surface area contributed by atoms with Crippen molar-refractivity contribution >= 4 is 36.1 Å². The van der Waals surface area contributed by atoms with Gasteiger partial charge in [0.25, 0.3) is 10.0 Å². The smallest absolute Gasteiger partial charge is 0.407 e. The van der Waals surface area contributed by atoms with E-state index in [2.05, 4.69) is 34.7 Å². The number of ether oxygens (including phenoxy) is 3. The molecule has 0 aliphatic rings. The van der Waals surface area contributed by atoms with Crippen LogP contribution in [0.1, 0.15) is 24.0 Å². The number of carboxylic acid groups (broad SMARTS) is 1. The second kappa shape index (κ2) is 16.8. The summed E-state index contributed by atoms with van der Waals surface area (Å²) in [4.78, 5) is 28.7. The summed E-state index contributed by atoms with van der Waals surface area (Å²) in [6, 6.07) is 15.2. The zero-order valence-electron chi connectivity index (χ0n) is 24.5. The molecule has 0 saturated heterocycles. The maximum absolute atomic E-state index is 12.6. The van der Waals surface area contributed by atoms with Gasteiger partial charge < -0.3 is 30.4 Å². The Hall–Kier alpha value is -3.46. The first-order valence-corrected chi connectivity index (χ1v) is 18.7. The van der Waals surface area contributed by atoms with Crippen molar-refractivity contribution in [2.24, 2.45) is 10.7 Å². The monoisotopic (exact) mass is 622 g/mol. The van der Waals surface area contributed by atoms with Crippen molar-refractivity contribution in [2.75, 3.05) is 19.9 Å². The zero-order chi connectivity index (χ0) is 31.2. The first-order chi connectivity index (χ1) is 19.8. The number of guanidine groups is 1. The predicted octanol–water partition coefficient (Wildman–Crippen LogP) is 3.45. The Labute approximate surface area is 248 Å². The van der Waals surface area contributed by atoms with Gasteiger partial charge in [0.1, 0.15) is 13.4 Å². The highest BCUT2D eigenvalue weighted by Gasteiger charge is 2.31. The minimum Gasteiger partial charge on any atom is -0.479 e. The van der Waals surface area contributed by atoms with Gasteiger partial charge in [0.2, 0.25) is 5.96 Å². The fraction of sp³-hybridized carbons (Fsp3) is 0.464. The number of amides is 1. The molecule has 0 bridgehead atoms. The number of rotatable bonds is 17. The van der Waals surface area contributed by atoms with E-state index in [-0.39, 0.29) is 43.6 Å². The molecule has 1 unspecified atom stereocenters. The van der Waals surface area contributed by atoms with E-state index in [1.807, 2.05) is 25.1 Å². The van der Waals surface area contributed by atoms with Crippen LogP contribution in [-0.4, -0.2) is 71.7 Å². The number of carboxylic acids is 1. The van der Waals surface area contributed by atoms with Gasteiger partial charge in [-0.2, -0.15) is 0 Å². The molecule has 2 atom stereocenters. The van der Waals surface area contributed by atoms with Crippen LogP contribution in [0.25, 0.3) is 0 Å². The number of nitrogens with two attached hydrogens (primary N) is 1. The number of alkyl carbamates (subject to hydrolysis) is 1. The normalized spacial score (nSPS) is 13.7. The summed E-state index contributed by atoms with van der Waals surface area (Å²) >= 11 is 0. The van der Waals surface area contributed by atoms with Crippen molar-refractivity contribution < 1.29 is 37.3 Å². The van der Waals surface area contributed by atoms with E-state index >= 15 is 0 Å². The lowest BCUT2D eigenvalue weighted by Crippen LogP contribution is -2.48. The number of sulfonamides is 1. The van der Waals surface area contributed by atoms with E-state index < -0.39 is 42.3 Å². The van der Waals surface area contributed by atoms with Crippen molar-refractivity contribution in [3.8, 4) is 0 Å². The van der Waals surface area contributed by atoms with Gasteiger partial charge in [-0.25, -0.2) is 22.7 Å². The number of nitrogens with zero attached hydrogens (tertiary/aromatic N) is 1. The van der Waals surface area contributed by atoms with Crippen LogP contribution < -0.4 is 15.8 Å². The topological polar surface area (TPSA) is 179 Å². The number of benzene rings is 2. The third kappa shape index (κ3) is 13.5. The summed E-state index contributed by atoms with van der Waals surface area (Å²) in [7, 11) is -5.25. The highest BCUT2D eigenvalue weighted by atomic mass is 32.2. The van der Waals surface area contributed by atoms with Crippen LogP contribution in [0.5, 0.6) is 0 Å². The number of carbonyl (C=O) groups is 2. The van der Waals surface area contributed by atoms with Gasteiger partial charge in [-0.3, -0.25) is 4.99 Å². The first kappa shape index (κ1) is 34.7. The third-order valence-corrected chi connectivity index (χ3v) is 9.05. The second-order valence-corrected chi connectivity index (χ2v) is 18.2. The van der Waals surface area contributed by atoms with Crippen LogP contribution in [0.3, 0.4) is 0 Å². The van der Waals surface area contributed by atoms with E-state index in [1.54, 1.807) is 24.3 Å². The zero-order valence-corrected chi connectivity index (χ0v) is 26.4. The molecule has 0 fully saturated rings. The standard InChI is InChI=1S/C28H42N4O8SSi/c1-21-12-14-23(15-13-21)41(36,37)32-27(29)30-16-8-11-24(31-28(35)39-19-22-9-6-5-7-10-22)25(26(33)34)40-20-38-17-18-42(2,3)4/h5-7,9-10,12-15,24-25H,8,11,16-20H2,1-4H3,(H,31,35)(H,33,34)(H3,29,30,32)/t24-,25?/m0/s1. The number of aliphatic carboxylic acids is 1. The van der Waals surface area contributed by atoms with Gasteiger partial charge in [0.05, 0.1) is 10.9 Å². The lowest BCUT2D eigenvalue weighted by molar-refractivity contribution is -0.163. The maximum atomic E-state index is 12.6. The molecule has 5 N–H and O–H groups in total. The number of aliphatic imine (C=N–C) groups is 1. The number of aryl methyl sites for hydroxylation is 1. The molecule has 0 radical (unpaired) electrons. The Morgan fingerprint density at radius 3 is 2.36 bits per heavy atom. The van der Waals surface area contributed by atoms with E-state index in [0.29, 0.717) is 6.61 Å². The minimum atomic E-state index is -3.91. The van der Waals surface area contributed by atoms with Gasteiger partial charge in [0.15, 0.2) is 6.10 Å². The number of nitrogens with one attached hydrogen (secondary N) is 2. The molecule has 12 nitrogen and oxygen atoms in total. The molecule has 232 valence electrons. The number of carbonyl (C=O) groups excluding carboxylic acids is 1. The van der Waals surface area contributed by atoms with Crippen molar-refractivity contribution in [1.82, 2.24) is 10.0 Å². The molecule has 0 aliphatic heterocycles. The summed E-state index contributed by atoms with van der Waals surface area (Å²) < 4.78 is 43.5. The van der Waals surface area contributed by atoms with E-state index in [1.165, 1.54) is 12.1 Å². The van der Waals surface area contributed by atoms with Crippen LogP contribution in [0.2, 0.25) is 25.7 Å². The highest BCUT2D eigenvalue weighted by Crippen LogP contribution is 2.12. The van der Waals surface area contributed by atoms with Crippen LogP contribution in [0.15, 0.2) is 64.5 Å². The number of hydrogen-bond donors (Lipinski definition) is 4. The summed E-state index contributed by atoms with van der Waals surface area (Å²) in [5.74, 6) is -1.60. The van der Waals surface area contributed by atoms with Crippen LogP contribution >= 0.6 is 0 Å². The Morgan fingerprint density at radius 1 is 1.07 bits per heavy atom. The van der Waals surface area contributed by atoms with Crippen LogP contribution in [0.4, 0.5) is 4.79 Å². The summed E-state index contributed by atoms with van der Waals surface area (Å²) in [6.45, 7) is 8.66. The number of hydrogen-bond acceptors (Lipinski definition) is 8. The second-order valence-electron chi connectivity index (χ2n) is 10.9. The molecule has 0 saturated carbocycles. The Balaban J connectivity index is 2.01. The van der Waals surface area contributed by atoms with Crippen molar-refractivity contribution in [3.05, 3.63) is 65.7 Å². The van der Waals surface area contributed by atoms with Crippen LogP contribution in [-0.2, 0) is 35.6 Å². The average molecular weight is 623 g/mol. The molecule has 14 heteroatoms. The molecule has 2 rings (SSSR count). The highest BCUT2D eigenvalue weighted by molar-refractivity contribution is 7.90. The largest absolute Gasteiger partial charge is 0.479 e. The van der Waals surface area contributed by atoms with Crippen molar-refractivity contribution in [1.29, 1.82) is 0 Å². The van der Waals surface area contributed by atoms with Gasteiger partial charge in [0, 0.05) is 21.2 Å². The van der Waals surface area contributed by atoms with Gasteiger partial charge >= 0.3 is 12.1 Å². The molecular formula is C28H42N4O8SSi. The molecule has 2 aromatic carbocycles. The minimum absolute atomic E-state index is 0.000253.